The molecule has 1 aromatic carbocycles. The van der Waals surface area contributed by atoms with E-state index >= 15 is 0 Å². The van der Waals surface area contributed by atoms with Crippen LogP contribution in [0, 0.1) is 11.6 Å². The van der Waals surface area contributed by atoms with Crippen LogP contribution >= 0.6 is 11.6 Å². The number of hydrogen-bond acceptors (Lipinski definition) is 3. The molecular formula is C12H16ClF2NO2S. The van der Waals surface area contributed by atoms with Gasteiger partial charge in [0.2, 0.25) is 0 Å². The number of halogens is 3. The Morgan fingerprint density at radius 1 is 1.32 bits per heavy atom. The average molecular weight is 312 g/mol. The maximum Gasteiger partial charge on any atom is 0.160 e. The molecule has 0 radical (unpaired) electrons. The fraction of sp³-hybridized carbons (Fsp3) is 0.500. The van der Waals surface area contributed by atoms with E-state index in [1.54, 1.807) is 6.92 Å². The van der Waals surface area contributed by atoms with E-state index in [1.165, 1.54) is 6.92 Å². The van der Waals surface area contributed by atoms with E-state index in [4.69, 9.17) is 11.6 Å². The van der Waals surface area contributed by atoms with Crippen LogP contribution in [0.5, 0.6) is 0 Å². The molecule has 2 atom stereocenters. The van der Waals surface area contributed by atoms with Crippen molar-refractivity contribution in [1.82, 2.24) is 5.32 Å². The van der Waals surface area contributed by atoms with Crippen LogP contribution in [0.2, 0.25) is 5.02 Å². The number of hydrogen-bond donors (Lipinski definition) is 1. The molecule has 0 spiro atoms. The Hall–Kier alpha value is -0.720. The molecule has 1 N–H and O–H groups in total. The lowest BCUT2D eigenvalue weighted by Gasteiger charge is -2.25. The van der Waals surface area contributed by atoms with Gasteiger partial charge in [-0.25, -0.2) is 17.2 Å². The van der Waals surface area contributed by atoms with Crippen LogP contribution in [-0.4, -0.2) is 26.5 Å². The van der Waals surface area contributed by atoms with Crippen molar-refractivity contribution in [3.05, 3.63) is 34.4 Å². The van der Waals surface area contributed by atoms with E-state index in [2.05, 4.69) is 5.32 Å². The van der Waals surface area contributed by atoms with Gasteiger partial charge in [0.1, 0.15) is 0 Å². The van der Waals surface area contributed by atoms with Crippen molar-refractivity contribution in [2.24, 2.45) is 0 Å². The first-order valence-corrected chi connectivity index (χ1v) is 8.08. The smallest absolute Gasteiger partial charge is 0.160 e. The minimum Gasteiger partial charge on any atom is -0.309 e. The molecule has 1 rings (SSSR count). The van der Waals surface area contributed by atoms with Crippen LogP contribution in [0.3, 0.4) is 0 Å². The second kappa shape index (κ2) is 6.15. The lowest BCUT2D eigenvalue weighted by atomic mass is 10.0. The average Bonchev–Trinajstić information content (AvgIpc) is 2.29. The van der Waals surface area contributed by atoms with Gasteiger partial charge in [0, 0.05) is 11.3 Å². The molecule has 0 saturated heterocycles. The SMILES string of the molecule is CCNC(c1cc(F)c(F)cc1Cl)C(C)S(C)(=O)=O. The Bertz CT molecular complexity index is 563. The van der Waals surface area contributed by atoms with Crippen LogP contribution in [0.15, 0.2) is 12.1 Å². The maximum absolute atomic E-state index is 13.3. The third-order valence-electron chi connectivity index (χ3n) is 2.94. The fourth-order valence-corrected chi connectivity index (χ4v) is 2.78. The van der Waals surface area contributed by atoms with E-state index in [0.29, 0.717) is 6.54 Å². The van der Waals surface area contributed by atoms with Crippen molar-refractivity contribution >= 4 is 21.4 Å². The van der Waals surface area contributed by atoms with Crippen LogP contribution in [-0.2, 0) is 9.84 Å². The summed E-state index contributed by atoms with van der Waals surface area (Å²) in [6.45, 7) is 3.76. The normalized spacial score (nSPS) is 15.3. The Morgan fingerprint density at radius 3 is 2.32 bits per heavy atom. The van der Waals surface area contributed by atoms with Crippen molar-refractivity contribution in [3.8, 4) is 0 Å². The molecule has 0 aliphatic rings. The first-order chi connectivity index (χ1) is 8.68. The quantitative estimate of drug-likeness (QED) is 0.851. The van der Waals surface area contributed by atoms with Crippen molar-refractivity contribution < 1.29 is 17.2 Å². The molecule has 0 bridgehead atoms. The zero-order chi connectivity index (χ0) is 14.8. The molecule has 0 saturated carbocycles. The Balaban J connectivity index is 3.31. The van der Waals surface area contributed by atoms with Crippen LogP contribution in [0.1, 0.15) is 25.5 Å². The van der Waals surface area contributed by atoms with E-state index in [-0.39, 0.29) is 10.6 Å². The highest BCUT2D eigenvalue weighted by Gasteiger charge is 2.29. The van der Waals surface area contributed by atoms with Gasteiger partial charge in [0.25, 0.3) is 0 Å². The first kappa shape index (κ1) is 16.3. The highest BCUT2D eigenvalue weighted by molar-refractivity contribution is 7.91. The number of rotatable bonds is 5. The summed E-state index contributed by atoms with van der Waals surface area (Å²) in [6.07, 6.45) is 1.09. The lowest BCUT2D eigenvalue weighted by molar-refractivity contribution is 0.489. The summed E-state index contributed by atoms with van der Waals surface area (Å²) >= 11 is 5.88. The first-order valence-electron chi connectivity index (χ1n) is 5.75. The van der Waals surface area contributed by atoms with E-state index < -0.39 is 32.8 Å². The highest BCUT2D eigenvalue weighted by atomic mass is 35.5. The molecule has 3 nitrogen and oxygen atoms in total. The summed E-state index contributed by atoms with van der Waals surface area (Å²) in [7, 11) is -3.35. The lowest BCUT2D eigenvalue weighted by Crippen LogP contribution is -2.35. The predicted molar refractivity (Wildman–Crippen MR) is 72.1 cm³/mol. The standard InChI is InChI=1S/C12H16ClF2NO2S/c1-4-16-12(7(2)19(3,17)18)8-5-10(14)11(15)6-9(8)13/h5-7,12,16H,4H2,1-3H3. The number of sulfone groups is 1. The Labute approximate surface area is 116 Å². The van der Waals surface area contributed by atoms with Gasteiger partial charge in [-0.05, 0) is 31.2 Å². The molecular weight excluding hydrogens is 296 g/mol. The second-order valence-corrected chi connectivity index (χ2v) is 7.17. The topological polar surface area (TPSA) is 46.2 Å². The van der Waals surface area contributed by atoms with E-state index in [1.807, 2.05) is 0 Å². The molecule has 7 heteroatoms. The van der Waals surface area contributed by atoms with Gasteiger partial charge in [0.05, 0.1) is 11.3 Å². The monoisotopic (exact) mass is 311 g/mol. The van der Waals surface area contributed by atoms with Crippen LogP contribution in [0.4, 0.5) is 8.78 Å². The Morgan fingerprint density at radius 2 is 1.84 bits per heavy atom. The summed E-state index contributed by atoms with van der Waals surface area (Å²) in [5.41, 5.74) is 0.236. The third kappa shape index (κ3) is 3.87. The summed E-state index contributed by atoms with van der Waals surface area (Å²) in [6, 6.07) is 1.10. The van der Waals surface area contributed by atoms with Gasteiger partial charge >= 0.3 is 0 Å². The second-order valence-electron chi connectivity index (χ2n) is 4.36. The number of benzene rings is 1. The minimum atomic E-state index is -3.35. The van der Waals surface area contributed by atoms with E-state index in [0.717, 1.165) is 18.4 Å². The van der Waals surface area contributed by atoms with Gasteiger partial charge in [0.15, 0.2) is 21.5 Å². The van der Waals surface area contributed by atoms with E-state index in [9.17, 15) is 17.2 Å². The summed E-state index contributed by atoms with van der Waals surface area (Å²) in [5, 5.41) is 2.13. The van der Waals surface area contributed by atoms with Gasteiger partial charge < -0.3 is 5.32 Å². The van der Waals surface area contributed by atoms with Crippen LogP contribution in [0.25, 0.3) is 0 Å². The third-order valence-corrected chi connectivity index (χ3v) is 4.89. The molecule has 19 heavy (non-hydrogen) atoms. The summed E-state index contributed by atoms with van der Waals surface area (Å²) in [5.74, 6) is -2.11. The zero-order valence-corrected chi connectivity index (χ0v) is 12.4. The largest absolute Gasteiger partial charge is 0.309 e. The highest BCUT2D eigenvalue weighted by Crippen LogP contribution is 2.30. The van der Waals surface area contributed by atoms with Crippen molar-refractivity contribution in [2.45, 2.75) is 25.1 Å². The van der Waals surface area contributed by atoms with Crippen molar-refractivity contribution in [2.75, 3.05) is 12.8 Å². The number of nitrogens with one attached hydrogen (secondary N) is 1. The van der Waals surface area contributed by atoms with Gasteiger partial charge in [-0.3, -0.25) is 0 Å². The molecule has 0 fully saturated rings. The van der Waals surface area contributed by atoms with Gasteiger partial charge in [-0.2, -0.15) is 0 Å². The van der Waals surface area contributed by atoms with Crippen LogP contribution < -0.4 is 5.32 Å². The predicted octanol–water partition coefficient (Wildman–Crippen LogP) is 2.70. The fourth-order valence-electron chi connectivity index (χ4n) is 1.77. The van der Waals surface area contributed by atoms with Gasteiger partial charge in [-0.15, -0.1) is 0 Å². The zero-order valence-electron chi connectivity index (χ0n) is 10.9. The molecule has 1 aromatic rings. The van der Waals surface area contributed by atoms with Crippen molar-refractivity contribution in [1.29, 1.82) is 0 Å². The molecule has 0 aliphatic carbocycles. The minimum absolute atomic E-state index is 0.000324. The summed E-state index contributed by atoms with van der Waals surface area (Å²) in [4.78, 5) is 0. The molecule has 0 aromatic heterocycles. The molecule has 2 unspecified atom stereocenters. The summed E-state index contributed by atoms with van der Waals surface area (Å²) < 4.78 is 49.6. The van der Waals surface area contributed by atoms with Gasteiger partial charge in [-0.1, -0.05) is 18.5 Å². The maximum atomic E-state index is 13.3. The molecule has 0 aliphatic heterocycles. The molecule has 0 amide bonds. The van der Waals surface area contributed by atoms with Crippen molar-refractivity contribution in [3.63, 3.8) is 0 Å². The molecule has 108 valence electrons. The Kier molecular flexibility index (Phi) is 5.29. The molecule has 0 heterocycles.